The van der Waals surface area contributed by atoms with Crippen LogP contribution in [0.2, 0.25) is 0 Å². The van der Waals surface area contributed by atoms with Crippen LogP contribution in [-0.2, 0) is 11.3 Å². The minimum Gasteiger partial charge on any atom is -0.369 e. The molecule has 4 N–H and O–H groups in total. The molecule has 2 fully saturated rings. The number of nitrogens with one attached hydrogen (secondary N) is 2. The summed E-state index contributed by atoms with van der Waals surface area (Å²) >= 11 is 0. The van der Waals surface area contributed by atoms with Crippen molar-refractivity contribution < 1.29 is 4.79 Å². The molecular weight excluding hydrogens is 364 g/mol. The van der Waals surface area contributed by atoms with Gasteiger partial charge in [0.15, 0.2) is 5.96 Å². The lowest BCUT2D eigenvalue weighted by atomic mass is 10.1. The monoisotopic (exact) mass is 400 g/mol. The lowest BCUT2D eigenvalue weighted by molar-refractivity contribution is -0.119. The van der Waals surface area contributed by atoms with Gasteiger partial charge in [0.1, 0.15) is 0 Å². The van der Waals surface area contributed by atoms with E-state index in [9.17, 15) is 4.79 Å². The summed E-state index contributed by atoms with van der Waals surface area (Å²) in [6.45, 7) is 8.08. The van der Waals surface area contributed by atoms with E-state index in [4.69, 9.17) is 10.7 Å². The molecule has 0 spiro atoms. The van der Waals surface area contributed by atoms with E-state index in [1.54, 1.807) is 0 Å². The average Bonchev–Trinajstić information content (AvgIpc) is 3.15. The summed E-state index contributed by atoms with van der Waals surface area (Å²) < 4.78 is 0. The topological polar surface area (TPSA) is 86.0 Å². The number of carbonyl (C=O) groups is 1. The summed E-state index contributed by atoms with van der Waals surface area (Å²) in [5.41, 5.74) is 6.68. The first-order valence-corrected chi connectivity index (χ1v) is 11.0. The molecule has 1 unspecified atom stereocenters. The third-order valence-corrected chi connectivity index (χ3v) is 5.84. The molecule has 0 bridgehead atoms. The van der Waals surface area contributed by atoms with Crippen molar-refractivity contribution in [2.24, 2.45) is 10.7 Å². The van der Waals surface area contributed by atoms with Crippen LogP contribution in [0.25, 0.3) is 0 Å². The molecule has 2 aliphatic rings. The number of aliphatic imine (C=N–C) groups is 1. The molecule has 0 saturated carbocycles. The van der Waals surface area contributed by atoms with Crippen molar-refractivity contribution in [1.82, 2.24) is 20.4 Å². The van der Waals surface area contributed by atoms with E-state index in [0.717, 1.165) is 58.1 Å². The first kappa shape index (κ1) is 21.6. The Labute approximate surface area is 174 Å². The summed E-state index contributed by atoms with van der Waals surface area (Å²) in [5, 5.41) is 6.99. The van der Waals surface area contributed by atoms with Crippen molar-refractivity contribution in [2.45, 2.75) is 51.2 Å². The van der Waals surface area contributed by atoms with Crippen LogP contribution in [0.3, 0.4) is 0 Å². The standard InChI is InChI=1S/C22H36N6O/c1-2-24-22(26-19-10-13-27(14-11-19)17-21(23)29)25-15-20-9-6-12-28(20)16-18-7-4-3-5-8-18/h3-5,7-8,19-20H,2,6,9-17H2,1H3,(H2,23,29)(H2,24,25,26). The minimum absolute atomic E-state index is 0.247. The van der Waals surface area contributed by atoms with Crippen LogP contribution in [-0.4, -0.2) is 73.0 Å². The van der Waals surface area contributed by atoms with Crippen LogP contribution in [0.5, 0.6) is 0 Å². The number of carbonyl (C=O) groups excluding carboxylic acids is 1. The number of hydrogen-bond acceptors (Lipinski definition) is 4. The second-order valence-corrected chi connectivity index (χ2v) is 8.13. The number of likely N-dealkylation sites (tertiary alicyclic amines) is 2. The summed E-state index contributed by atoms with van der Waals surface area (Å²) in [6, 6.07) is 11.6. The van der Waals surface area contributed by atoms with Crippen LogP contribution in [0.1, 0.15) is 38.2 Å². The highest BCUT2D eigenvalue weighted by molar-refractivity contribution is 5.80. The molecule has 2 aliphatic heterocycles. The number of rotatable bonds is 8. The Morgan fingerprint density at radius 1 is 1.17 bits per heavy atom. The summed E-state index contributed by atoms with van der Waals surface area (Å²) in [7, 11) is 0. The van der Waals surface area contributed by atoms with Gasteiger partial charge < -0.3 is 16.4 Å². The largest absolute Gasteiger partial charge is 0.369 e. The molecule has 1 aromatic rings. The van der Waals surface area contributed by atoms with Crippen molar-refractivity contribution in [3.8, 4) is 0 Å². The quantitative estimate of drug-likeness (QED) is 0.450. The summed E-state index contributed by atoms with van der Waals surface area (Å²) in [5.74, 6) is 0.662. The fourth-order valence-electron chi connectivity index (χ4n) is 4.29. The molecular formula is C22H36N6O. The number of nitrogens with two attached hydrogens (primary N) is 1. The second kappa shape index (κ2) is 11.2. The highest BCUT2D eigenvalue weighted by Gasteiger charge is 2.25. The van der Waals surface area contributed by atoms with Gasteiger partial charge in [-0.2, -0.15) is 0 Å². The third kappa shape index (κ3) is 7.01. The lowest BCUT2D eigenvalue weighted by Gasteiger charge is -2.32. The Morgan fingerprint density at radius 2 is 1.93 bits per heavy atom. The van der Waals surface area contributed by atoms with Gasteiger partial charge in [-0.3, -0.25) is 19.6 Å². The van der Waals surface area contributed by atoms with Crippen LogP contribution in [0.15, 0.2) is 35.3 Å². The van der Waals surface area contributed by atoms with Crippen LogP contribution >= 0.6 is 0 Å². The Hall–Kier alpha value is -2.12. The highest BCUT2D eigenvalue weighted by atomic mass is 16.1. The van der Waals surface area contributed by atoms with E-state index in [1.807, 2.05) is 0 Å². The molecule has 1 atom stereocenters. The third-order valence-electron chi connectivity index (χ3n) is 5.84. The molecule has 0 aliphatic carbocycles. The van der Waals surface area contributed by atoms with E-state index < -0.39 is 0 Å². The summed E-state index contributed by atoms with van der Waals surface area (Å²) in [4.78, 5) is 20.7. The molecule has 2 heterocycles. The van der Waals surface area contributed by atoms with Gasteiger partial charge in [-0.15, -0.1) is 0 Å². The highest BCUT2D eigenvalue weighted by Crippen LogP contribution is 2.20. The predicted octanol–water partition coefficient (Wildman–Crippen LogP) is 1.16. The maximum atomic E-state index is 11.1. The molecule has 7 nitrogen and oxygen atoms in total. The number of piperidine rings is 1. The number of amides is 1. The van der Waals surface area contributed by atoms with Crippen LogP contribution in [0, 0.1) is 0 Å². The Kier molecular flexibility index (Phi) is 8.31. The smallest absolute Gasteiger partial charge is 0.231 e. The predicted molar refractivity (Wildman–Crippen MR) is 118 cm³/mol. The van der Waals surface area contributed by atoms with Gasteiger partial charge in [0.25, 0.3) is 0 Å². The average molecular weight is 401 g/mol. The Morgan fingerprint density at radius 3 is 2.62 bits per heavy atom. The Balaban J connectivity index is 1.50. The molecule has 3 rings (SSSR count). The second-order valence-electron chi connectivity index (χ2n) is 8.13. The zero-order valence-corrected chi connectivity index (χ0v) is 17.6. The molecule has 29 heavy (non-hydrogen) atoms. The van der Waals surface area contributed by atoms with E-state index in [0.29, 0.717) is 18.6 Å². The van der Waals surface area contributed by atoms with Crippen LogP contribution in [0.4, 0.5) is 0 Å². The van der Waals surface area contributed by atoms with E-state index in [1.165, 1.54) is 18.4 Å². The molecule has 1 amide bonds. The van der Waals surface area contributed by atoms with Crippen molar-refractivity contribution in [3.63, 3.8) is 0 Å². The zero-order chi connectivity index (χ0) is 20.5. The van der Waals surface area contributed by atoms with Gasteiger partial charge in [0.2, 0.25) is 5.91 Å². The van der Waals surface area contributed by atoms with Gasteiger partial charge >= 0.3 is 0 Å². The summed E-state index contributed by atoms with van der Waals surface area (Å²) in [6.07, 6.45) is 4.46. The molecule has 2 saturated heterocycles. The van der Waals surface area contributed by atoms with Gasteiger partial charge in [-0.25, -0.2) is 0 Å². The molecule has 0 radical (unpaired) electrons. The SMILES string of the molecule is CCNC(=NCC1CCCN1Cc1ccccc1)NC1CCN(CC(N)=O)CC1. The van der Waals surface area contributed by atoms with Gasteiger partial charge in [-0.05, 0) is 44.7 Å². The van der Waals surface area contributed by atoms with Gasteiger partial charge in [-0.1, -0.05) is 30.3 Å². The number of nitrogens with zero attached hydrogens (tertiary/aromatic N) is 3. The number of benzene rings is 1. The lowest BCUT2D eigenvalue weighted by Crippen LogP contribution is -2.50. The fourth-order valence-corrected chi connectivity index (χ4v) is 4.29. The zero-order valence-electron chi connectivity index (χ0n) is 17.6. The molecule has 160 valence electrons. The first-order valence-electron chi connectivity index (χ1n) is 11.0. The van der Waals surface area contributed by atoms with Crippen molar-refractivity contribution >= 4 is 11.9 Å². The maximum Gasteiger partial charge on any atom is 0.231 e. The molecule has 7 heteroatoms. The van der Waals surface area contributed by atoms with E-state index in [2.05, 4.69) is 57.7 Å². The minimum atomic E-state index is -0.247. The Bertz CT molecular complexity index is 657. The first-order chi connectivity index (χ1) is 14.1. The fraction of sp³-hybridized carbons (Fsp3) is 0.636. The van der Waals surface area contributed by atoms with E-state index >= 15 is 0 Å². The number of primary amides is 1. The number of hydrogen-bond donors (Lipinski definition) is 3. The molecule has 1 aromatic carbocycles. The molecule has 0 aromatic heterocycles. The number of guanidine groups is 1. The van der Waals surface area contributed by atoms with Crippen molar-refractivity contribution in [2.75, 3.05) is 39.3 Å². The maximum absolute atomic E-state index is 11.1. The normalized spacial score (nSPS) is 22.0. The van der Waals surface area contributed by atoms with Crippen molar-refractivity contribution in [3.05, 3.63) is 35.9 Å². The van der Waals surface area contributed by atoms with Crippen molar-refractivity contribution in [1.29, 1.82) is 0 Å². The van der Waals surface area contributed by atoms with Gasteiger partial charge in [0.05, 0.1) is 13.1 Å². The van der Waals surface area contributed by atoms with Crippen LogP contribution < -0.4 is 16.4 Å². The van der Waals surface area contributed by atoms with E-state index in [-0.39, 0.29) is 5.91 Å². The van der Waals surface area contributed by atoms with Gasteiger partial charge in [0, 0.05) is 38.3 Å².